The van der Waals surface area contributed by atoms with Crippen molar-refractivity contribution in [3.05, 3.63) is 123 Å². The van der Waals surface area contributed by atoms with Gasteiger partial charge in [-0.1, -0.05) is 55.5 Å². The lowest BCUT2D eigenvalue weighted by molar-refractivity contribution is -0.172. The minimum atomic E-state index is -1.79. The van der Waals surface area contributed by atoms with E-state index in [0.717, 1.165) is 22.2 Å². The Morgan fingerprint density at radius 2 is 1.75 bits per heavy atom. The number of imidazole rings is 1. The second-order valence-corrected chi connectivity index (χ2v) is 11.4. The minimum absolute atomic E-state index is 0.0698. The Morgan fingerprint density at radius 1 is 0.979 bits per heavy atom. The Morgan fingerprint density at radius 3 is 2.52 bits per heavy atom. The van der Waals surface area contributed by atoms with Gasteiger partial charge in [-0.15, -0.1) is 0 Å². The Labute approximate surface area is 273 Å². The first-order chi connectivity index (χ1) is 23.2. The largest absolute Gasteiger partial charge is 0.458 e. The number of hydrogen-bond donors (Lipinski definition) is 3. The number of aliphatic hydroxyl groups is 1. The number of para-hydroxylation sites is 1. The number of carbonyl (C=O) groups is 3. The van der Waals surface area contributed by atoms with Gasteiger partial charge in [0.1, 0.15) is 6.61 Å². The molecule has 3 aromatic heterocycles. The van der Waals surface area contributed by atoms with Gasteiger partial charge in [0.2, 0.25) is 5.95 Å². The number of nitrogens with zero attached hydrogens (tertiary/aromatic N) is 3. The summed E-state index contributed by atoms with van der Waals surface area (Å²) in [6.07, 6.45) is -0.473. The molecule has 0 saturated heterocycles. The Kier molecular flexibility index (Phi) is 7.56. The van der Waals surface area contributed by atoms with Gasteiger partial charge in [0.15, 0.2) is 11.4 Å². The molecule has 2 aliphatic heterocycles. The van der Waals surface area contributed by atoms with Crippen LogP contribution in [-0.2, 0) is 33.0 Å². The van der Waals surface area contributed by atoms with E-state index in [1.165, 1.54) is 7.11 Å². The summed E-state index contributed by atoms with van der Waals surface area (Å²) >= 11 is 0. The van der Waals surface area contributed by atoms with Gasteiger partial charge < -0.3 is 24.1 Å². The third-order valence-electron chi connectivity index (χ3n) is 8.60. The molecule has 6 aromatic rings. The number of amides is 1. The highest BCUT2D eigenvalue weighted by atomic mass is 16.6. The van der Waals surface area contributed by atoms with Crippen LogP contribution in [0.4, 0.5) is 10.7 Å². The van der Waals surface area contributed by atoms with E-state index in [-0.39, 0.29) is 30.3 Å². The van der Waals surface area contributed by atoms with Crippen molar-refractivity contribution in [2.75, 3.05) is 12.4 Å². The third kappa shape index (κ3) is 5.17. The molecule has 0 spiro atoms. The van der Waals surface area contributed by atoms with Gasteiger partial charge in [0.05, 0.1) is 47.2 Å². The average Bonchev–Trinajstić information content (AvgIpc) is 3.69. The number of esters is 1. The number of ether oxygens (including phenoxy) is 2. The second-order valence-electron chi connectivity index (χ2n) is 11.4. The summed E-state index contributed by atoms with van der Waals surface area (Å²) in [5.74, 6) is -0.507. The predicted molar refractivity (Wildman–Crippen MR) is 177 cm³/mol. The summed E-state index contributed by atoms with van der Waals surface area (Å²) in [7, 11) is 1.27. The Balaban J connectivity index is 0.000000154. The van der Waals surface area contributed by atoms with E-state index in [4.69, 9.17) is 9.72 Å². The van der Waals surface area contributed by atoms with Crippen molar-refractivity contribution in [3.63, 3.8) is 0 Å². The number of pyridine rings is 2. The number of rotatable bonds is 4. The third-order valence-corrected chi connectivity index (χ3v) is 8.60. The van der Waals surface area contributed by atoms with E-state index in [2.05, 4.69) is 20.0 Å². The molecule has 0 saturated carbocycles. The molecule has 0 radical (unpaired) electrons. The zero-order valence-corrected chi connectivity index (χ0v) is 25.9. The van der Waals surface area contributed by atoms with E-state index in [1.807, 2.05) is 48.5 Å². The van der Waals surface area contributed by atoms with E-state index in [0.29, 0.717) is 45.5 Å². The van der Waals surface area contributed by atoms with Gasteiger partial charge >= 0.3 is 12.1 Å². The van der Waals surface area contributed by atoms with Gasteiger partial charge in [0, 0.05) is 27.6 Å². The van der Waals surface area contributed by atoms with E-state index in [1.54, 1.807) is 47.9 Å². The smallest absolute Gasteiger partial charge is 0.413 e. The number of nitrogens with one attached hydrogen (secondary N) is 2. The summed E-state index contributed by atoms with van der Waals surface area (Å²) in [5, 5.41) is 14.3. The van der Waals surface area contributed by atoms with Crippen molar-refractivity contribution >= 4 is 45.7 Å². The minimum Gasteiger partial charge on any atom is -0.458 e. The number of methoxy groups -OCH3 is 1. The van der Waals surface area contributed by atoms with Crippen LogP contribution in [0, 0.1) is 0 Å². The SMILES string of the molecule is CCC1(O)C(=O)OCc2c1cc1n(c2=O)Cc2cc3ccccc3nc2-1.COC(=O)Nc1nc2ccc(C(=O)c3ccccc3)cc2[nH]1. The zero-order valence-electron chi connectivity index (χ0n) is 25.9. The number of benzene rings is 3. The van der Waals surface area contributed by atoms with Crippen molar-refractivity contribution in [3.8, 4) is 11.4 Å². The van der Waals surface area contributed by atoms with Crippen LogP contribution in [0.2, 0.25) is 0 Å². The fraction of sp³-hybridized carbons (Fsp3) is 0.167. The topological polar surface area (TPSA) is 165 Å². The first-order valence-corrected chi connectivity index (χ1v) is 15.2. The first-order valence-electron chi connectivity index (χ1n) is 15.2. The summed E-state index contributed by atoms with van der Waals surface area (Å²) in [6.45, 7) is 2.01. The van der Waals surface area contributed by atoms with Crippen LogP contribution < -0.4 is 10.9 Å². The van der Waals surface area contributed by atoms with Gasteiger partial charge in [-0.2, -0.15) is 0 Å². The molecule has 3 aromatic carbocycles. The summed E-state index contributed by atoms with van der Waals surface area (Å²) in [5.41, 5.74) is 4.29. The molecule has 5 heterocycles. The molecule has 48 heavy (non-hydrogen) atoms. The van der Waals surface area contributed by atoms with Crippen LogP contribution in [-0.4, -0.2) is 49.6 Å². The molecule has 1 amide bonds. The number of H-pyrrole nitrogens is 1. The first kappa shape index (κ1) is 30.5. The number of hydrogen-bond acceptors (Lipinski definition) is 9. The number of aromatic nitrogens is 4. The van der Waals surface area contributed by atoms with Crippen LogP contribution in [0.25, 0.3) is 33.3 Å². The number of anilines is 1. The molecule has 2 aliphatic rings. The van der Waals surface area contributed by atoms with Crippen LogP contribution in [0.5, 0.6) is 0 Å². The van der Waals surface area contributed by atoms with Crippen LogP contribution in [0.15, 0.2) is 89.7 Å². The fourth-order valence-electron chi connectivity index (χ4n) is 6.04. The number of carbonyl (C=O) groups excluding carboxylic acids is 3. The quantitative estimate of drug-likeness (QED) is 0.176. The molecular weight excluding hydrogens is 614 g/mol. The summed E-state index contributed by atoms with van der Waals surface area (Å²) in [6, 6.07) is 25.7. The van der Waals surface area contributed by atoms with Crippen molar-refractivity contribution in [2.45, 2.75) is 32.1 Å². The maximum absolute atomic E-state index is 13.0. The maximum Gasteiger partial charge on any atom is 0.413 e. The second kappa shape index (κ2) is 11.9. The van der Waals surface area contributed by atoms with E-state index in [9.17, 15) is 24.3 Å². The molecule has 3 N–H and O–H groups in total. The number of ketones is 1. The molecule has 0 bridgehead atoms. The fourth-order valence-corrected chi connectivity index (χ4v) is 6.04. The molecule has 12 nitrogen and oxygen atoms in total. The zero-order chi connectivity index (χ0) is 33.6. The maximum atomic E-state index is 13.0. The highest BCUT2D eigenvalue weighted by molar-refractivity contribution is 6.10. The molecule has 1 atom stereocenters. The molecule has 8 rings (SSSR count). The van der Waals surface area contributed by atoms with Gasteiger partial charge in [0.25, 0.3) is 5.56 Å². The predicted octanol–water partition coefficient (Wildman–Crippen LogP) is 5.05. The van der Waals surface area contributed by atoms with Crippen molar-refractivity contribution in [1.29, 1.82) is 0 Å². The lowest BCUT2D eigenvalue weighted by Gasteiger charge is -2.31. The molecule has 0 fully saturated rings. The van der Waals surface area contributed by atoms with E-state index < -0.39 is 17.7 Å². The summed E-state index contributed by atoms with van der Waals surface area (Å²) in [4.78, 5) is 60.6. The highest BCUT2D eigenvalue weighted by Crippen LogP contribution is 2.38. The number of aromatic amines is 1. The normalized spacial score (nSPS) is 15.9. The molecule has 0 aliphatic carbocycles. The number of cyclic esters (lactones) is 1. The van der Waals surface area contributed by atoms with E-state index >= 15 is 0 Å². The van der Waals surface area contributed by atoms with Crippen molar-refractivity contribution < 1.29 is 29.0 Å². The highest BCUT2D eigenvalue weighted by Gasteiger charge is 2.45. The van der Waals surface area contributed by atoms with Crippen LogP contribution >= 0.6 is 0 Å². The summed E-state index contributed by atoms with van der Waals surface area (Å²) < 4.78 is 11.2. The van der Waals surface area contributed by atoms with Crippen molar-refractivity contribution in [2.24, 2.45) is 0 Å². The molecular formula is C36H29N5O7. The average molecular weight is 644 g/mol. The van der Waals surface area contributed by atoms with Crippen LogP contribution in [0.3, 0.4) is 0 Å². The monoisotopic (exact) mass is 643 g/mol. The molecule has 12 heteroatoms. The van der Waals surface area contributed by atoms with Crippen LogP contribution in [0.1, 0.15) is 46.0 Å². The van der Waals surface area contributed by atoms with Gasteiger partial charge in [-0.25, -0.2) is 19.6 Å². The lowest BCUT2D eigenvalue weighted by Crippen LogP contribution is -2.44. The lowest BCUT2D eigenvalue weighted by atomic mass is 9.86. The van der Waals surface area contributed by atoms with Crippen molar-refractivity contribution in [1.82, 2.24) is 19.5 Å². The van der Waals surface area contributed by atoms with Gasteiger partial charge in [-0.3, -0.25) is 14.9 Å². The molecule has 240 valence electrons. The van der Waals surface area contributed by atoms with Gasteiger partial charge in [-0.05, 0) is 42.8 Å². The Bertz CT molecular complexity index is 2330. The Hall–Kier alpha value is -6.14. The number of fused-ring (bicyclic) bond motifs is 6. The standard InChI is InChI=1S/C20H16N2O4.C16H13N3O3/c1-2-20(25)14-8-16-17-12(7-11-5-3-4-6-15(11)21-17)9-22(16)18(23)13(14)10-26-19(20)24;1-22-16(21)19-15-17-12-8-7-11(9-13(12)18-15)14(20)10-5-3-2-4-6-10/h3-8,25H,2,9-10H2,1H3;2-9H,1H3,(H2,17,18,19,21). The molecule has 1 unspecified atom stereocenters.